The van der Waals surface area contributed by atoms with Gasteiger partial charge < -0.3 is 23.7 Å². The van der Waals surface area contributed by atoms with Gasteiger partial charge in [-0.05, 0) is 67.8 Å². The van der Waals surface area contributed by atoms with Gasteiger partial charge in [0.25, 0.3) is 0 Å². The highest BCUT2D eigenvalue weighted by Gasteiger charge is 2.58. The Hall–Kier alpha value is -3.06. The number of ether oxygens (including phenoxy) is 5. The molecule has 2 aromatic rings. The van der Waals surface area contributed by atoms with Crippen molar-refractivity contribution in [3.8, 4) is 11.5 Å². The molecule has 2 aliphatic rings. The lowest BCUT2D eigenvalue weighted by Crippen LogP contribution is -2.53. The van der Waals surface area contributed by atoms with E-state index in [2.05, 4.69) is 0 Å². The summed E-state index contributed by atoms with van der Waals surface area (Å²) >= 11 is 0. The lowest BCUT2D eigenvalue weighted by atomic mass is 9.80. The van der Waals surface area contributed by atoms with Crippen LogP contribution in [0.5, 0.6) is 11.5 Å². The Kier molecular flexibility index (Phi) is 6.13. The van der Waals surface area contributed by atoms with Crippen molar-refractivity contribution in [1.29, 1.82) is 0 Å². The van der Waals surface area contributed by atoms with Gasteiger partial charge in [-0.1, -0.05) is 6.42 Å². The molecule has 0 radical (unpaired) electrons. The van der Waals surface area contributed by atoms with Crippen LogP contribution in [0.25, 0.3) is 0 Å². The fourth-order valence-corrected chi connectivity index (χ4v) is 4.27. The highest BCUT2D eigenvalue weighted by molar-refractivity contribution is 5.91. The monoisotopic (exact) mass is 426 g/mol. The SMILES string of the molecule is COc1ccc(C(=O)O[C@@H]2CO[C@@H]3CCCC[C@@]32OC(=O)c2ccc(OC)cc2)cc1. The molecule has 0 unspecified atom stereocenters. The summed E-state index contributed by atoms with van der Waals surface area (Å²) in [6.07, 6.45) is 2.22. The predicted octanol–water partition coefficient (Wildman–Crippen LogP) is 3.80. The number of methoxy groups -OCH3 is 2. The Labute approximate surface area is 181 Å². The highest BCUT2D eigenvalue weighted by Crippen LogP contribution is 2.43. The molecular formula is C24H26O7. The van der Waals surface area contributed by atoms with Gasteiger partial charge in [0, 0.05) is 0 Å². The number of esters is 2. The summed E-state index contributed by atoms with van der Waals surface area (Å²) in [5.74, 6) is 0.353. The number of hydrogen-bond donors (Lipinski definition) is 0. The average Bonchev–Trinajstić information content (AvgIpc) is 3.16. The number of benzene rings is 2. The lowest BCUT2D eigenvalue weighted by Gasteiger charge is -2.40. The zero-order valence-electron chi connectivity index (χ0n) is 17.7. The van der Waals surface area contributed by atoms with E-state index in [0.717, 1.165) is 19.3 Å². The van der Waals surface area contributed by atoms with Gasteiger partial charge in [-0.25, -0.2) is 9.59 Å². The molecule has 0 spiro atoms. The van der Waals surface area contributed by atoms with Crippen LogP contribution in [0.15, 0.2) is 48.5 Å². The molecule has 1 saturated carbocycles. The first-order chi connectivity index (χ1) is 15.1. The summed E-state index contributed by atoms with van der Waals surface area (Å²) in [7, 11) is 3.13. The van der Waals surface area contributed by atoms with Crippen LogP contribution in [0.2, 0.25) is 0 Å². The molecule has 1 heterocycles. The Morgan fingerprint density at radius 2 is 1.45 bits per heavy atom. The van der Waals surface area contributed by atoms with Crippen molar-refractivity contribution in [3.63, 3.8) is 0 Å². The van der Waals surface area contributed by atoms with Gasteiger partial charge in [0.1, 0.15) is 17.6 Å². The first-order valence-electron chi connectivity index (χ1n) is 10.4. The van der Waals surface area contributed by atoms with E-state index < -0.39 is 23.6 Å². The van der Waals surface area contributed by atoms with Crippen LogP contribution >= 0.6 is 0 Å². The molecule has 0 aromatic heterocycles. The second-order valence-corrected chi connectivity index (χ2v) is 7.76. The van der Waals surface area contributed by atoms with Gasteiger partial charge in [0.15, 0.2) is 11.7 Å². The van der Waals surface area contributed by atoms with Gasteiger partial charge in [-0.15, -0.1) is 0 Å². The van der Waals surface area contributed by atoms with Gasteiger partial charge in [0.05, 0.1) is 32.0 Å². The second kappa shape index (κ2) is 8.98. The standard InChI is InChI=1S/C24H26O7/c1-27-18-10-6-16(7-11-18)22(25)30-21-15-29-20-5-3-4-14-24(20,21)31-23(26)17-8-12-19(28-2)13-9-17/h6-13,20-21H,3-5,14-15H2,1-2H3/t20-,21-,24-/m1/s1. The molecule has 7 heteroatoms. The minimum absolute atomic E-state index is 0.197. The number of carbonyl (C=O) groups excluding carboxylic acids is 2. The summed E-state index contributed by atoms with van der Waals surface area (Å²) in [6, 6.07) is 13.4. The van der Waals surface area contributed by atoms with Gasteiger partial charge in [0.2, 0.25) is 0 Å². The largest absolute Gasteiger partial charge is 0.497 e. The van der Waals surface area contributed by atoms with Crippen molar-refractivity contribution in [2.24, 2.45) is 0 Å². The molecule has 0 bridgehead atoms. The second-order valence-electron chi connectivity index (χ2n) is 7.76. The van der Waals surface area contributed by atoms with Gasteiger partial charge in [-0.3, -0.25) is 0 Å². The zero-order chi connectivity index (χ0) is 21.8. The molecule has 2 fully saturated rings. The van der Waals surface area contributed by atoms with Crippen LogP contribution in [-0.2, 0) is 14.2 Å². The van der Waals surface area contributed by atoms with Crippen molar-refractivity contribution in [2.45, 2.75) is 43.5 Å². The Morgan fingerprint density at radius 1 is 0.871 bits per heavy atom. The van der Waals surface area contributed by atoms with Crippen LogP contribution in [0.3, 0.4) is 0 Å². The van der Waals surface area contributed by atoms with E-state index in [4.69, 9.17) is 23.7 Å². The van der Waals surface area contributed by atoms with E-state index in [1.807, 2.05) is 0 Å². The Balaban J connectivity index is 1.53. The molecule has 3 atom stereocenters. The van der Waals surface area contributed by atoms with Crippen molar-refractivity contribution in [2.75, 3.05) is 20.8 Å². The first-order valence-corrected chi connectivity index (χ1v) is 10.4. The zero-order valence-corrected chi connectivity index (χ0v) is 17.7. The van der Waals surface area contributed by atoms with E-state index in [9.17, 15) is 9.59 Å². The Morgan fingerprint density at radius 3 is 2.03 bits per heavy atom. The van der Waals surface area contributed by atoms with E-state index in [1.54, 1.807) is 62.8 Å². The van der Waals surface area contributed by atoms with Crippen molar-refractivity contribution in [3.05, 3.63) is 59.7 Å². The topological polar surface area (TPSA) is 80.3 Å². The summed E-state index contributed by atoms with van der Waals surface area (Å²) < 4.78 is 28.1. The van der Waals surface area contributed by atoms with E-state index in [-0.39, 0.29) is 12.7 Å². The van der Waals surface area contributed by atoms with Crippen molar-refractivity contribution < 1.29 is 33.3 Å². The summed E-state index contributed by atoms with van der Waals surface area (Å²) in [5.41, 5.74) is -0.180. The van der Waals surface area contributed by atoms with Crippen LogP contribution in [0, 0.1) is 0 Å². The number of rotatable bonds is 6. The molecule has 1 saturated heterocycles. The van der Waals surface area contributed by atoms with E-state index in [1.165, 1.54) is 0 Å². The van der Waals surface area contributed by atoms with Crippen LogP contribution in [0.1, 0.15) is 46.4 Å². The minimum atomic E-state index is -0.989. The predicted molar refractivity (Wildman–Crippen MR) is 112 cm³/mol. The normalized spacial score (nSPS) is 24.7. The molecule has 2 aromatic carbocycles. The fourth-order valence-electron chi connectivity index (χ4n) is 4.27. The third-order valence-corrected chi connectivity index (χ3v) is 6.01. The van der Waals surface area contributed by atoms with Crippen LogP contribution < -0.4 is 9.47 Å². The molecule has 7 nitrogen and oxygen atoms in total. The molecule has 1 aliphatic carbocycles. The first kappa shape index (κ1) is 21.2. The summed E-state index contributed by atoms with van der Waals surface area (Å²) in [4.78, 5) is 25.7. The van der Waals surface area contributed by atoms with Gasteiger partial charge in [-0.2, -0.15) is 0 Å². The molecule has 0 amide bonds. The molecule has 1 aliphatic heterocycles. The maximum atomic E-state index is 12.9. The molecular weight excluding hydrogens is 400 g/mol. The van der Waals surface area contributed by atoms with Gasteiger partial charge >= 0.3 is 11.9 Å². The number of fused-ring (bicyclic) bond motifs is 1. The number of carbonyl (C=O) groups is 2. The van der Waals surface area contributed by atoms with Crippen LogP contribution in [0.4, 0.5) is 0 Å². The highest BCUT2D eigenvalue weighted by atomic mass is 16.6. The van der Waals surface area contributed by atoms with Crippen LogP contribution in [-0.4, -0.2) is 50.6 Å². The maximum absolute atomic E-state index is 12.9. The third-order valence-electron chi connectivity index (χ3n) is 6.01. The molecule has 0 N–H and O–H groups in total. The molecule has 4 rings (SSSR count). The summed E-state index contributed by atoms with van der Waals surface area (Å²) in [5, 5.41) is 0. The van der Waals surface area contributed by atoms with E-state index >= 15 is 0 Å². The smallest absolute Gasteiger partial charge is 0.338 e. The summed E-state index contributed by atoms with van der Waals surface area (Å²) in [6.45, 7) is 0.197. The Bertz CT molecular complexity index is 922. The third kappa shape index (κ3) is 4.23. The fraction of sp³-hybridized carbons (Fsp3) is 0.417. The molecule has 31 heavy (non-hydrogen) atoms. The van der Waals surface area contributed by atoms with Crippen molar-refractivity contribution in [1.82, 2.24) is 0 Å². The van der Waals surface area contributed by atoms with Crippen molar-refractivity contribution >= 4 is 11.9 Å². The average molecular weight is 426 g/mol. The quantitative estimate of drug-likeness (QED) is 0.650. The number of hydrogen-bond acceptors (Lipinski definition) is 7. The molecule has 164 valence electrons. The maximum Gasteiger partial charge on any atom is 0.338 e. The lowest BCUT2D eigenvalue weighted by molar-refractivity contribution is -0.114. The minimum Gasteiger partial charge on any atom is -0.497 e. The van der Waals surface area contributed by atoms with E-state index in [0.29, 0.717) is 29.0 Å².